The molecule has 0 bridgehead atoms. The zero-order valence-corrected chi connectivity index (χ0v) is 29.8. The maximum Gasteiger partial charge on any atom is 0.268 e. The van der Waals surface area contributed by atoms with Crippen LogP contribution in [0.25, 0.3) is 22.5 Å². The van der Waals surface area contributed by atoms with E-state index in [0.717, 1.165) is 40.6 Å². The van der Waals surface area contributed by atoms with Crippen molar-refractivity contribution in [1.29, 1.82) is 0 Å². The third-order valence-corrected chi connectivity index (χ3v) is 10.7. The zero-order valence-electron chi connectivity index (χ0n) is 28.1. The molecule has 0 aliphatic heterocycles. The predicted molar refractivity (Wildman–Crippen MR) is 191 cm³/mol. The number of sulfone groups is 1. The SMILES string of the molecule is COS(=O)(=O)CCNC(=O)c1ccc(CC(c2ccc(C(C)(C)C)cc2)c2cc(-c3cccc(-c4cccc(S(C)(=O)=O)c4)c3)on2)cc1. The van der Waals surface area contributed by atoms with Gasteiger partial charge in [0.1, 0.15) is 0 Å². The second-order valence-corrected chi connectivity index (χ2v) is 16.9. The Bertz CT molecular complexity index is 2150. The normalized spacial score (nSPS) is 12.8. The molecule has 0 radical (unpaired) electrons. The molecule has 0 saturated heterocycles. The molecule has 0 spiro atoms. The molecule has 1 aromatic heterocycles. The number of nitrogens with zero attached hydrogens (tertiary/aromatic N) is 1. The molecule has 5 rings (SSSR count). The van der Waals surface area contributed by atoms with Gasteiger partial charge in [-0.3, -0.25) is 8.98 Å². The Morgan fingerprint density at radius 1 is 0.837 bits per heavy atom. The minimum absolute atomic E-state index is 0.00884. The van der Waals surface area contributed by atoms with E-state index in [1.807, 2.05) is 48.5 Å². The van der Waals surface area contributed by atoms with Gasteiger partial charge in [-0.2, -0.15) is 8.42 Å². The van der Waals surface area contributed by atoms with E-state index in [1.165, 1.54) is 11.8 Å². The standard InChI is InChI=1S/C38H40N2O7S2/c1-38(2,3)32-18-16-27(17-19-32)34(22-26-12-14-28(15-13-26)37(41)39-20-21-49(44,45)46-4)35-25-36(47-40-35)31-10-6-8-29(23-31)30-9-7-11-33(24-30)48(5,42)43/h6-19,23-25,34H,20-22H2,1-5H3,(H,39,41). The van der Waals surface area contributed by atoms with Gasteiger partial charge in [0.2, 0.25) is 0 Å². The van der Waals surface area contributed by atoms with E-state index < -0.39 is 20.0 Å². The fourth-order valence-electron chi connectivity index (χ4n) is 5.46. The molecule has 256 valence electrons. The van der Waals surface area contributed by atoms with Crippen LogP contribution in [0.5, 0.6) is 0 Å². The molecule has 0 aliphatic carbocycles. The number of hydrogen-bond donors (Lipinski definition) is 1. The Kier molecular flexibility index (Phi) is 10.6. The fourth-order valence-corrected chi connectivity index (χ4v) is 6.64. The first kappa shape index (κ1) is 35.7. The summed E-state index contributed by atoms with van der Waals surface area (Å²) in [7, 11) is -5.93. The van der Waals surface area contributed by atoms with Crippen molar-refractivity contribution in [3.63, 3.8) is 0 Å². The highest BCUT2D eigenvalue weighted by Gasteiger charge is 2.22. The van der Waals surface area contributed by atoms with Crippen molar-refractivity contribution in [2.75, 3.05) is 25.7 Å². The van der Waals surface area contributed by atoms with E-state index >= 15 is 0 Å². The van der Waals surface area contributed by atoms with Gasteiger partial charge in [0.15, 0.2) is 15.6 Å². The van der Waals surface area contributed by atoms with E-state index in [1.54, 1.807) is 30.3 Å². The molecule has 11 heteroatoms. The first-order valence-electron chi connectivity index (χ1n) is 15.8. The number of benzene rings is 4. The lowest BCUT2D eigenvalue weighted by molar-refractivity contribution is 0.0956. The summed E-state index contributed by atoms with van der Waals surface area (Å²) in [4.78, 5) is 12.9. The highest BCUT2D eigenvalue weighted by molar-refractivity contribution is 7.90. The number of carbonyl (C=O) groups is 1. The van der Waals surface area contributed by atoms with Gasteiger partial charge in [-0.15, -0.1) is 0 Å². The lowest BCUT2D eigenvalue weighted by Crippen LogP contribution is -2.29. The molecule has 5 aromatic rings. The van der Waals surface area contributed by atoms with E-state index in [2.05, 4.69) is 59.7 Å². The monoisotopic (exact) mass is 700 g/mol. The molecule has 49 heavy (non-hydrogen) atoms. The summed E-state index contributed by atoms with van der Waals surface area (Å²) in [6.45, 7) is 6.45. The smallest absolute Gasteiger partial charge is 0.268 e. The van der Waals surface area contributed by atoms with E-state index in [0.29, 0.717) is 17.7 Å². The zero-order chi connectivity index (χ0) is 35.4. The first-order chi connectivity index (χ1) is 23.1. The van der Waals surface area contributed by atoms with E-state index in [-0.39, 0.29) is 34.4 Å². The van der Waals surface area contributed by atoms with Gasteiger partial charge in [0.05, 0.1) is 23.5 Å². The van der Waals surface area contributed by atoms with E-state index in [9.17, 15) is 21.6 Å². The lowest BCUT2D eigenvalue weighted by atomic mass is 9.83. The van der Waals surface area contributed by atoms with Crippen molar-refractivity contribution in [3.8, 4) is 22.5 Å². The van der Waals surface area contributed by atoms with Gasteiger partial charge in [-0.25, -0.2) is 8.42 Å². The summed E-state index contributed by atoms with van der Waals surface area (Å²) in [6, 6.07) is 32.2. The number of aromatic nitrogens is 1. The molecular formula is C38H40N2O7S2. The number of nitrogens with one attached hydrogen (secondary N) is 1. The topological polar surface area (TPSA) is 133 Å². The van der Waals surface area contributed by atoms with E-state index in [4.69, 9.17) is 4.52 Å². The number of hydrogen-bond acceptors (Lipinski definition) is 8. The van der Waals surface area contributed by atoms with Crippen molar-refractivity contribution in [1.82, 2.24) is 10.5 Å². The van der Waals surface area contributed by atoms with Gasteiger partial charge in [-0.05, 0) is 70.0 Å². The Labute approximate surface area is 288 Å². The summed E-state index contributed by atoms with van der Waals surface area (Å²) in [5.74, 6) is -0.280. The molecule has 1 atom stereocenters. The average molecular weight is 701 g/mol. The molecular weight excluding hydrogens is 661 g/mol. The van der Waals surface area contributed by atoms with Crippen LogP contribution in [0.2, 0.25) is 0 Å². The second-order valence-electron chi connectivity index (χ2n) is 13.0. The Hall–Kier alpha value is -4.58. The van der Waals surface area contributed by atoms with Crippen LogP contribution in [0.4, 0.5) is 0 Å². The van der Waals surface area contributed by atoms with Gasteiger partial charge < -0.3 is 9.84 Å². The van der Waals surface area contributed by atoms with Crippen molar-refractivity contribution in [2.45, 2.75) is 43.4 Å². The summed E-state index contributed by atoms with van der Waals surface area (Å²) >= 11 is 0. The molecule has 0 aliphatic rings. The predicted octanol–water partition coefficient (Wildman–Crippen LogP) is 6.79. The maximum atomic E-state index is 12.6. The van der Waals surface area contributed by atoms with Crippen molar-refractivity contribution >= 4 is 25.9 Å². The van der Waals surface area contributed by atoms with Crippen molar-refractivity contribution in [2.24, 2.45) is 0 Å². The third kappa shape index (κ3) is 9.11. The first-order valence-corrected chi connectivity index (χ1v) is 19.2. The summed E-state index contributed by atoms with van der Waals surface area (Å²) in [6.07, 6.45) is 1.77. The maximum absolute atomic E-state index is 12.6. The summed E-state index contributed by atoms with van der Waals surface area (Å²) in [5, 5.41) is 7.13. The van der Waals surface area contributed by atoms with Crippen LogP contribution in [0.15, 0.2) is 113 Å². The molecule has 1 amide bonds. The third-order valence-electron chi connectivity index (χ3n) is 8.35. The summed E-state index contributed by atoms with van der Waals surface area (Å²) < 4.78 is 57.8. The largest absolute Gasteiger partial charge is 0.356 e. The highest BCUT2D eigenvalue weighted by atomic mass is 32.2. The minimum Gasteiger partial charge on any atom is -0.356 e. The van der Waals surface area contributed by atoms with Crippen LogP contribution in [0.3, 0.4) is 0 Å². The minimum atomic E-state index is -3.67. The van der Waals surface area contributed by atoms with Crippen molar-refractivity contribution < 1.29 is 30.3 Å². The fraction of sp³-hybridized carbons (Fsp3) is 0.263. The molecule has 1 heterocycles. The van der Waals surface area contributed by atoms with Gasteiger partial charge >= 0.3 is 0 Å². The van der Waals surface area contributed by atoms with Crippen LogP contribution < -0.4 is 5.32 Å². The molecule has 4 aromatic carbocycles. The van der Waals surface area contributed by atoms with Gasteiger partial charge in [0.25, 0.3) is 16.0 Å². The van der Waals surface area contributed by atoms with Crippen LogP contribution in [-0.4, -0.2) is 53.6 Å². The molecule has 0 saturated carbocycles. The van der Waals surface area contributed by atoms with Crippen LogP contribution >= 0.6 is 0 Å². The Morgan fingerprint density at radius 2 is 1.47 bits per heavy atom. The van der Waals surface area contributed by atoms with Gasteiger partial charge in [-0.1, -0.05) is 92.7 Å². The quantitative estimate of drug-likeness (QED) is 0.141. The number of amides is 1. The Morgan fingerprint density at radius 3 is 2.10 bits per heavy atom. The summed E-state index contributed by atoms with van der Waals surface area (Å²) in [5.41, 5.74) is 6.81. The van der Waals surface area contributed by atoms with Crippen LogP contribution in [0, 0.1) is 0 Å². The molecule has 0 fully saturated rings. The van der Waals surface area contributed by atoms with Crippen LogP contribution in [-0.2, 0) is 36.0 Å². The van der Waals surface area contributed by atoms with Crippen molar-refractivity contribution in [3.05, 3.63) is 131 Å². The molecule has 9 nitrogen and oxygen atoms in total. The molecule has 1 N–H and O–H groups in total. The Balaban J connectivity index is 1.42. The highest BCUT2D eigenvalue weighted by Crippen LogP contribution is 2.34. The number of rotatable bonds is 12. The van der Waals surface area contributed by atoms with Gasteiger partial charge in [0, 0.05) is 35.9 Å². The lowest BCUT2D eigenvalue weighted by Gasteiger charge is -2.21. The second kappa shape index (κ2) is 14.5. The molecule has 1 unspecified atom stereocenters. The average Bonchev–Trinajstić information content (AvgIpc) is 3.57. The number of carbonyl (C=O) groups excluding carboxylic acids is 1. The van der Waals surface area contributed by atoms with Crippen LogP contribution in [0.1, 0.15) is 59.4 Å².